The van der Waals surface area contributed by atoms with Crippen molar-refractivity contribution in [1.29, 1.82) is 0 Å². The number of hydrogen-bond acceptors (Lipinski definition) is 5. The van der Waals surface area contributed by atoms with E-state index in [0.717, 1.165) is 6.07 Å². The smallest absolute Gasteiger partial charge is 0.461 e. The number of hydroxylamine groups is 2. The maximum absolute atomic E-state index is 13.8. The van der Waals surface area contributed by atoms with Gasteiger partial charge in [-0.25, -0.2) is 4.79 Å². The molecule has 0 saturated heterocycles. The fourth-order valence-electron chi connectivity index (χ4n) is 2.66. The van der Waals surface area contributed by atoms with E-state index < -0.39 is 41.0 Å². The van der Waals surface area contributed by atoms with Gasteiger partial charge in [-0.05, 0) is 6.07 Å². The Hall–Kier alpha value is -2.69. The van der Waals surface area contributed by atoms with E-state index in [4.69, 9.17) is 0 Å². The molecule has 1 aromatic rings. The van der Waals surface area contributed by atoms with Gasteiger partial charge in [0.25, 0.3) is 5.91 Å². The highest BCUT2D eigenvalue weighted by atomic mass is 19.4. The Morgan fingerprint density at radius 1 is 1.24 bits per heavy atom. The molecule has 25 heavy (non-hydrogen) atoms. The van der Waals surface area contributed by atoms with E-state index >= 15 is 0 Å². The van der Waals surface area contributed by atoms with E-state index in [2.05, 4.69) is 9.57 Å². The topological polar surface area (TPSA) is 76.1 Å². The van der Waals surface area contributed by atoms with Crippen LogP contribution in [-0.2, 0) is 20.1 Å². The molecule has 2 aliphatic heterocycles. The first kappa shape index (κ1) is 17.1. The summed E-state index contributed by atoms with van der Waals surface area (Å²) >= 11 is 0. The van der Waals surface area contributed by atoms with Gasteiger partial charge >= 0.3 is 18.1 Å². The SMILES string of the molecule is COC(=O)C1=C(C(F)(F)C(F)(F)F)ON2C(=O)c3ccccc3C12O. The van der Waals surface area contributed by atoms with E-state index in [9.17, 15) is 36.6 Å². The van der Waals surface area contributed by atoms with Gasteiger partial charge in [-0.2, -0.15) is 22.0 Å². The van der Waals surface area contributed by atoms with Crippen LogP contribution in [0.5, 0.6) is 0 Å². The normalized spacial score (nSPS) is 22.7. The molecule has 0 spiro atoms. The molecule has 1 atom stereocenters. The van der Waals surface area contributed by atoms with Gasteiger partial charge in [-0.3, -0.25) is 4.79 Å². The van der Waals surface area contributed by atoms with Gasteiger partial charge in [0.2, 0.25) is 11.5 Å². The third-order valence-electron chi connectivity index (χ3n) is 3.80. The molecule has 1 amide bonds. The molecular formula is C14H8F5NO5. The summed E-state index contributed by atoms with van der Waals surface area (Å²) in [5, 5.41) is 10.6. The van der Waals surface area contributed by atoms with Crippen LogP contribution in [0.25, 0.3) is 0 Å². The van der Waals surface area contributed by atoms with Gasteiger partial charge in [0.1, 0.15) is 5.57 Å². The first-order valence-electron chi connectivity index (χ1n) is 6.60. The predicted octanol–water partition coefficient (Wildman–Crippen LogP) is 1.86. The second-order valence-corrected chi connectivity index (χ2v) is 5.18. The van der Waals surface area contributed by atoms with E-state index in [1.54, 1.807) is 0 Å². The molecule has 0 aromatic heterocycles. The number of rotatable bonds is 2. The fourth-order valence-corrected chi connectivity index (χ4v) is 2.66. The number of benzene rings is 1. The summed E-state index contributed by atoms with van der Waals surface area (Å²) in [6.45, 7) is 0. The van der Waals surface area contributed by atoms with Crippen molar-refractivity contribution in [3.8, 4) is 0 Å². The molecule has 0 radical (unpaired) electrons. The summed E-state index contributed by atoms with van der Waals surface area (Å²) < 4.78 is 70.0. The van der Waals surface area contributed by atoms with E-state index in [1.165, 1.54) is 18.2 Å². The van der Waals surface area contributed by atoms with Crippen molar-refractivity contribution in [2.75, 3.05) is 7.11 Å². The number of hydrogen-bond donors (Lipinski definition) is 1. The first-order chi connectivity index (χ1) is 11.5. The van der Waals surface area contributed by atoms with Crippen LogP contribution in [0, 0.1) is 0 Å². The number of halogens is 5. The largest absolute Gasteiger partial charge is 0.465 e. The number of aliphatic hydroxyl groups is 1. The van der Waals surface area contributed by atoms with E-state index in [1.807, 2.05) is 0 Å². The van der Waals surface area contributed by atoms with Gasteiger partial charge in [0, 0.05) is 5.56 Å². The number of amides is 1. The first-order valence-corrected chi connectivity index (χ1v) is 6.60. The molecule has 11 heteroatoms. The van der Waals surface area contributed by atoms with Crippen molar-refractivity contribution < 1.29 is 46.2 Å². The number of carbonyl (C=O) groups excluding carboxylic acids is 2. The Morgan fingerprint density at radius 2 is 1.84 bits per heavy atom. The van der Waals surface area contributed by atoms with E-state index in [-0.39, 0.29) is 16.2 Å². The van der Waals surface area contributed by atoms with Crippen LogP contribution in [0.15, 0.2) is 35.6 Å². The standard InChI is InChI=1S/C14H8F5NO5/c1-24-11(22)8-9(13(15,16)14(17,18)19)25-20-10(21)6-4-2-3-5-7(6)12(8,20)23/h2-5,23H,1H3. The Balaban J connectivity index is 2.32. The minimum Gasteiger partial charge on any atom is -0.465 e. The van der Waals surface area contributed by atoms with E-state index in [0.29, 0.717) is 7.11 Å². The van der Waals surface area contributed by atoms with Crippen LogP contribution < -0.4 is 0 Å². The second-order valence-electron chi connectivity index (χ2n) is 5.18. The van der Waals surface area contributed by atoms with Gasteiger partial charge in [0.05, 0.1) is 12.7 Å². The summed E-state index contributed by atoms with van der Waals surface area (Å²) in [6.07, 6.45) is -6.14. The van der Waals surface area contributed by atoms with Crippen molar-refractivity contribution in [2.24, 2.45) is 0 Å². The highest BCUT2D eigenvalue weighted by Gasteiger charge is 2.71. The molecule has 6 nitrogen and oxygen atoms in total. The molecule has 3 rings (SSSR count). The number of ether oxygens (including phenoxy) is 1. The molecule has 1 aromatic carbocycles. The molecular weight excluding hydrogens is 357 g/mol. The zero-order valence-electron chi connectivity index (χ0n) is 12.2. The Kier molecular flexibility index (Phi) is 3.37. The molecule has 2 aliphatic rings. The van der Waals surface area contributed by atoms with Crippen molar-refractivity contribution >= 4 is 11.9 Å². The summed E-state index contributed by atoms with van der Waals surface area (Å²) in [7, 11) is 0.716. The van der Waals surface area contributed by atoms with Gasteiger partial charge in [-0.1, -0.05) is 18.2 Å². The van der Waals surface area contributed by atoms with Gasteiger partial charge in [0.15, 0.2) is 0 Å². The van der Waals surface area contributed by atoms with Crippen molar-refractivity contribution in [3.05, 3.63) is 46.7 Å². The molecule has 0 fully saturated rings. The number of esters is 1. The molecule has 0 saturated carbocycles. The van der Waals surface area contributed by atoms with Crippen molar-refractivity contribution in [3.63, 3.8) is 0 Å². The Morgan fingerprint density at radius 3 is 2.40 bits per heavy atom. The van der Waals surface area contributed by atoms with Gasteiger partial charge < -0.3 is 14.7 Å². The van der Waals surface area contributed by atoms with Crippen LogP contribution in [0.1, 0.15) is 15.9 Å². The maximum atomic E-state index is 13.8. The van der Waals surface area contributed by atoms with Crippen molar-refractivity contribution in [2.45, 2.75) is 17.8 Å². The van der Waals surface area contributed by atoms with Gasteiger partial charge in [-0.15, -0.1) is 5.06 Å². The summed E-state index contributed by atoms with van der Waals surface area (Å²) in [4.78, 5) is 28.5. The average molecular weight is 365 g/mol. The van der Waals surface area contributed by atoms with Crippen molar-refractivity contribution in [1.82, 2.24) is 5.06 Å². The quantitative estimate of drug-likeness (QED) is 0.640. The summed E-state index contributed by atoms with van der Waals surface area (Å²) in [5.41, 5.74) is -5.09. The zero-order chi connectivity index (χ0) is 18.8. The van der Waals surface area contributed by atoms with Crippen LogP contribution in [0.2, 0.25) is 0 Å². The Labute approximate surface area is 136 Å². The van der Waals surface area contributed by atoms with Crippen LogP contribution in [0.4, 0.5) is 22.0 Å². The summed E-state index contributed by atoms with van der Waals surface area (Å²) in [6, 6.07) is 4.94. The lowest BCUT2D eigenvalue weighted by Gasteiger charge is -2.25. The molecule has 2 heterocycles. The number of carbonyl (C=O) groups is 2. The van der Waals surface area contributed by atoms with Crippen LogP contribution in [0.3, 0.4) is 0 Å². The lowest BCUT2D eigenvalue weighted by molar-refractivity contribution is -0.291. The lowest BCUT2D eigenvalue weighted by Crippen LogP contribution is -2.42. The average Bonchev–Trinajstić information content (AvgIpc) is 2.97. The highest BCUT2D eigenvalue weighted by Crippen LogP contribution is 2.54. The minimum atomic E-state index is -6.14. The second kappa shape index (κ2) is 4.91. The number of alkyl halides is 5. The lowest BCUT2D eigenvalue weighted by atomic mass is 9.92. The number of allylic oxidation sites excluding steroid dienone is 1. The fraction of sp³-hybridized carbons (Fsp3) is 0.286. The highest BCUT2D eigenvalue weighted by molar-refractivity contribution is 6.04. The Bertz CT molecular complexity index is 818. The van der Waals surface area contributed by atoms with Crippen LogP contribution >= 0.6 is 0 Å². The molecule has 134 valence electrons. The monoisotopic (exact) mass is 365 g/mol. The number of methoxy groups -OCH3 is 1. The minimum absolute atomic E-state index is 0.0983. The number of fused-ring (bicyclic) bond motifs is 3. The molecule has 0 aliphatic carbocycles. The molecule has 1 N–H and O–H groups in total. The predicted molar refractivity (Wildman–Crippen MR) is 67.6 cm³/mol. The third kappa shape index (κ3) is 1.98. The third-order valence-corrected chi connectivity index (χ3v) is 3.80. The summed E-state index contributed by atoms with van der Waals surface area (Å²) in [5.74, 6) is -10.7. The van der Waals surface area contributed by atoms with Crippen LogP contribution in [-0.4, -0.2) is 41.3 Å². The zero-order valence-corrected chi connectivity index (χ0v) is 12.2. The number of nitrogens with zero attached hydrogens (tertiary/aromatic N) is 1. The maximum Gasteiger partial charge on any atom is 0.461 e. The molecule has 0 bridgehead atoms. The molecule has 1 unspecified atom stereocenters.